The van der Waals surface area contributed by atoms with Crippen molar-refractivity contribution in [2.45, 2.75) is 37.7 Å². The monoisotopic (exact) mass is 356 g/mol. The van der Waals surface area contributed by atoms with Crippen molar-refractivity contribution >= 4 is 18.3 Å². The molecule has 6 heteroatoms. The molecule has 0 bridgehead atoms. The van der Waals surface area contributed by atoms with E-state index in [0.29, 0.717) is 19.4 Å². The van der Waals surface area contributed by atoms with Crippen molar-refractivity contribution in [3.8, 4) is 5.75 Å². The Labute approximate surface area is 150 Å². The molecule has 1 saturated heterocycles. The molecule has 2 rings (SSSR count). The van der Waals surface area contributed by atoms with Gasteiger partial charge >= 0.3 is 0 Å². The molecule has 2 N–H and O–H groups in total. The van der Waals surface area contributed by atoms with Crippen molar-refractivity contribution < 1.29 is 14.3 Å². The summed E-state index contributed by atoms with van der Waals surface area (Å²) in [4.78, 5) is 12.6. The van der Waals surface area contributed by atoms with Gasteiger partial charge in [-0.15, -0.1) is 12.4 Å². The SMILES string of the molecule is COc1ccc(C(C)(C)CNC(=O)C2(OC)CCNCC2)cc1.Cl. The number of amides is 1. The van der Waals surface area contributed by atoms with E-state index in [1.165, 1.54) is 0 Å². The van der Waals surface area contributed by atoms with Crippen LogP contribution in [0.15, 0.2) is 24.3 Å². The van der Waals surface area contributed by atoms with E-state index in [4.69, 9.17) is 9.47 Å². The molecule has 1 aromatic carbocycles. The Morgan fingerprint density at radius 3 is 2.29 bits per heavy atom. The zero-order valence-corrected chi connectivity index (χ0v) is 15.8. The fourth-order valence-electron chi connectivity index (χ4n) is 2.96. The maximum absolute atomic E-state index is 12.6. The molecule has 0 saturated carbocycles. The molecule has 1 fully saturated rings. The summed E-state index contributed by atoms with van der Waals surface area (Å²) in [5, 5.41) is 6.35. The molecule has 1 amide bonds. The maximum Gasteiger partial charge on any atom is 0.252 e. The van der Waals surface area contributed by atoms with Gasteiger partial charge in [0.25, 0.3) is 5.91 Å². The highest BCUT2D eigenvalue weighted by atomic mass is 35.5. The number of methoxy groups -OCH3 is 2. The minimum Gasteiger partial charge on any atom is -0.497 e. The van der Waals surface area contributed by atoms with Crippen LogP contribution in [0.5, 0.6) is 5.75 Å². The van der Waals surface area contributed by atoms with Gasteiger partial charge in [-0.25, -0.2) is 0 Å². The van der Waals surface area contributed by atoms with Crippen molar-refractivity contribution in [1.82, 2.24) is 10.6 Å². The van der Waals surface area contributed by atoms with E-state index in [1.54, 1.807) is 14.2 Å². The van der Waals surface area contributed by atoms with Gasteiger partial charge in [0, 0.05) is 19.1 Å². The van der Waals surface area contributed by atoms with Crippen LogP contribution in [0.25, 0.3) is 0 Å². The average molecular weight is 357 g/mol. The third-order valence-corrected chi connectivity index (χ3v) is 4.78. The van der Waals surface area contributed by atoms with Gasteiger partial charge in [0.15, 0.2) is 0 Å². The van der Waals surface area contributed by atoms with Crippen LogP contribution in [-0.2, 0) is 14.9 Å². The van der Waals surface area contributed by atoms with E-state index in [1.807, 2.05) is 24.3 Å². The predicted octanol–water partition coefficient (Wildman–Crippen LogP) is 2.28. The van der Waals surface area contributed by atoms with E-state index < -0.39 is 5.60 Å². The van der Waals surface area contributed by atoms with Gasteiger partial charge in [0.2, 0.25) is 0 Å². The lowest BCUT2D eigenvalue weighted by Crippen LogP contribution is -2.55. The number of carbonyl (C=O) groups is 1. The van der Waals surface area contributed by atoms with E-state index >= 15 is 0 Å². The molecule has 1 aliphatic heterocycles. The first-order chi connectivity index (χ1) is 10.9. The smallest absolute Gasteiger partial charge is 0.252 e. The number of halogens is 1. The van der Waals surface area contributed by atoms with E-state index in [2.05, 4.69) is 24.5 Å². The highest BCUT2D eigenvalue weighted by Crippen LogP contribution is 2.26. The number of nitrogens with one attached hydrogen (secondary N) is 2. The molecule has 1 aromatic rings. The lowest BCUT2D eigenvalue weighted by molar-refractivity contribution is -0.146. The third-order valence-electron chi connectivity index (χ3n) is 4.78. The van der Waals surface area contributed by atoms with Crippen molar-refractivity contribution in [3.63, 3.8) is 0 Å². The number of hydrogen-bond acceptors (Lipinski definition) is 4. The number of benzene rings is 1. The number of rotatable bonds is 6. The highest BCUT2D eigenvalue weighted by Gasteiger charge is 2.40. The average Bonchev–Trinajstić information content (AvgIpc) is 2.60. The van der Waals surface area contributed by atoms with Crippen LogP contribution in [0.3, 0.4) is 0 Å². The molecule has 0 unspecified atom stereocenters. The van der Waals surface area contributed by atoms with Gasteiger partial charge in [-0.05, 0) is 43.6 Å². The Morgan fingerprint density at radius 1 is 1.21 bits per heavy atom. The second-order valence-corrected chi connectivity index (χ2v) is 6.74. The first-order valence-corrected chi connectivity index (χ1v) is 8.12. The summed E-state index contributed by atoms with van der Waals surface area (Å²) in [5.41, 5.74) is 0.306. The number of hydrogen-bond donors (Lipinski definition) is 2. The quantitative estimate of drug-likeness (QED) is 0.821. The lowest BCUT2D eigenvalue weighted by atomic mass is 9.84. The van der Waals surface area contributed by atoms with Crippen LogP contribution in [-0.4, -0.2) is 45.4 Å². The largest absolute Gasteiger partial charge is 0.497 e. The molecule has 0 spiro atoms. The van der Waals surface area contributed by atoms with Gasteiger partial charge in [0.05, 0.1) is 7.11 Å². The molecular formula is C18H29ClN2O3. The lowest BCUT2D eigenvalue weighted by Gasteiger charge is -2.36. The number of ether oxygens (including phenoxy) is 2. The summed E-state index contributed by atoms with van der Waals surface area (Å²) in [6.07, 6.45) is 1.41. The van der Waals surface area contributed by atoms with Crippen LogP contribution >= 0.6 is 12.4 Å². The number of carbonyl (C=O) groups excluding carboxylic acids is 1. The van der Waals surface area contributed by atoms with Gasteiger partial charge in [-0.2, -0.15) is 0 Å². The van der Waals surface area contributed by atoms with E-state index in [0.717, 1.165) is 24.4 Å². The fourth-order valence-corrected chi connectivity index (χ4v) is 2.96. The van der Waals surface area contributed by atoms with Crippen molar-refractivity contribution in [2.24, 2.45) is 0 Å². The van der Waals surface area contributed by atoms with Crippen LogP contribution in [0, 0.1) is 0 Å². The summed E-state index contributed by atoms with van der Waals surface area (Å²) < 4.78 is 10.8. The van der Waals surface area contributed by atoms with Gasteiger partial charge in [0.1, 0.15) is 11.4 Å². The first-order valence-electron chi connectivity index (χ1n) is 8.12. The predicted molar refractivity (Wildman–Crippen MR) is 98.1 cm³/mol. The summed E-state index contributed by atoms with van der Waals surface area (Å²) in [5.74, 6) is 0.824. The topological polar surface area (TPSA) is 59.6 Å². The van der Waals surface area contributed by atoms with Crippen molar-refractivity contribution in [3.05, 3.63) is 29.8 Å². The van der Waals surface area contributed by atoms with Crippen molar-refractivity contribution in [2.75, 3.05) is 33.9 Å². The second-order valence-electron chi connectivity index (χ2n) is 6.74. The normalized spacial score (nSPS) is 16.8. The molecule has 24 heavy (non-hydrogen) atoms. The molecule has 0 atom stereocenters. The Hall–Kier alpha value is -1.30. The van der Waals surface area contributed by atoms with Crippen LogP contribution in [0.4, 0.5) is 0 Å². The molecule has 5 nitrogen and oxygen atoms in total. The van der Waals surface area contributed by atoms with Gasteiger partial charge < -0.3 is 20.1 Å². The van der Waals surface area contributed by atoms with Gasteiger partial charge in [-0.3, -0.25) is 4.79 Å². The van der Waals surface area contributed by atoms with Crippen LogP contribution in [0.1, 0.15) is 32.3 Å². The summed E-state index contributed by atoms with van der Waals surface area (Å²) in [6, 6.07) is 7.98. The van der Waals surface area contributed by atoms with Crippen LogP contribution in [0.2, 0.25) is 0 Å². The second kappa shape index (κ2) is 8.70. The Balaban J connectivity index is 0.00000288. The Morgan fingerprint density at radius 2 is 1.79 bits per heavy atom. The zero-order valence-electron chi connectivity index (χ0n) is 15.0. The fraction of sp³-hybridized carbons (Fsp3) is 0.611. The molecule has 0 aliphatic carbocycles. The maximum atomic E-state index is 12.6. The summed E-state index contributed by atoms with van der Waals surface area (Å²) >= 11 is 0. The standard InChI is InChI=1S/C18H28N2O3.ClH/c1-17(2,14-5-7-15(22-3)8-6-14)13-20-16(21)18(23-4)9-11-19-12-10-18;/h5-8,19H,9-13H2,1-4H3,(H,20,21);1H. The molecular weight excluding hydrogens is 328 g/mol. The molecule has 1 aliphatic rings. The minimum absolute atomic E-state index is 0. The molecule has 1 heterocycles. The highest BCUT2D eigenvalue weighted by molar-refractivity contribution is 5.85. The minimum atomic E-state index is -0.693. The van der Waals surface area contributed by atoms with Crippen LogP contribution < -0.4 is 15.4 Å². The van der Waals surface area contributed by atoms with E-state index in [-0.39, 0.29) is 23.7 Å². The Kier molecular flexibility index (Phi) is 7.52. The first kappa shape index (κ1) is 20.7. The third kappa shape index (κ3) is 4.62. The summed E-state index contributed by atoms with van der Waals surface area (Å²) in [6.45, 7) is 6.43. The Bertz CT molecular complexity index is 526. The zero-order chi connectivity index (χ0) is 16.9. The molecule has 0 radical (unpaired) electrons. The van der Waals surface area contributed by atoms with Crippen molar-refractivity contribution in [1.29, 1.82) is 0 Å². The van der Waals surface area contributed by atoms with Gasteiger partial charge in [-0.1, -0.05) is 26.0 Å². The molecule has 0 aromatic heterocycles. The summed E-state index contributed by atoms with van der Waals surface area (Å²) in [7, 11) is 3.28. The van der Waals surface area contributed by atoms with E-state index in [9.17, 15) is 4.79 Å². The number of piperidine rings is 1. The molecule has 136 valence electrons.